The van der Waals surface area contributed by atoms with Crippen LogP contribution in [-0.4, -0.2) is 27.9 Å². The molecule has 1 aromatic carbocycles. The molecule has 2 rings (SSSR count). The molecule has 2 aromatic rings. The number of carbonyl (C=O) groups is 1. The lowest BCUT2D eigenvalue weighted by Crippen LogP contribution is -2.23. The predicted octanol–water partition coefficient (Wildman–Crippen LogP) is 3.17. The zero-order chi connectivity index (χ0) is 12.4. The quantitative estimate of drug-likeness (QED) is 0.630. The van der Waals surface area contributed by atoms with Gasteiger partial charge in [0.05, 0.1) is 0 Å². The number of likely N-dealkylation sites (N-methyl/N-ethyl adjacent to an activating group) is 1. The van der Waals surface area contributed by atoms with Crippen LogP contribution in [0.2, 0.25) is 0 Å². The van der Waals surface area contributed by atoms with Crippen molar-refractivity contribution in [2.24, 2.45) is 7.05 Å². The van der Waals surface area contributed by atoms with E-state index in [4.69, 9.17) is 0 Å². The molecule has 0 radical (unpaired) electrons. The fraction of sp³-hybridized carbons (Fsp3) is 0.308. The Kier molecular flexibility index (Phi) is 3.52. The summed E-state index contributed by atoms with van der Waals surface area (Å²) in [5.41, 5.74) is 2.51. The predicted molar refractivity (Wildman–Crippen MR) is 73.6 cm³/mol. The van der Waals surface area contributed by atoms with Crippen LogP contribution < -0.4 is 0 Å². The molecule has 0 N–H and O–H groups in total. The van der Waals surface area contributed by atoms with E-state index in [9.17, 15) is 4.79 Å². The first-order chi connectivity index (χ1) is 8.09. The maximum atomic E-state index is 11.1. The van der Waals surface area contributed by atoms with E-state index in [1.165, 1.54) is 16.5 Å². The van der Waals surface area contributed by atoms with Gasteiger partial charge in [-0.05, 0) is 18.1 Å². The molecule has 0 spiro atoms. The molecule has 1 heterocycles. The van der Waals surface area contributed by atoms with Crippen LogP contribution >= 0.6 is 15.9 Å². The molecule has 0 bridgehead atoms. The average molecular weight is 295 g/mol. The van der Waals surface area contributed by atoms with Crippen LogP contribution in [0.15, 0.2) is 30.5 Å². The van der Waals surface area contributed by atoms with Crippen LogP contribution in [0.3, 0.4) is 0 Å². The van der Waals surface area contributed by atoms with Gasteiger partial charge in [0, 0.05) is 53.7 Å². The van der Waals surface area contributed by atoms with Gasteiger partial charge in [0.25, 0.3) is 4.82 Å². The van der Waals surface area contributed by atoms with Crippen molar-refractivity contribution in [3.8, 4) is 0 Å². The van der Waals surface area contributed by atoms with Gasteiger partial charge in [0.2, 0.25) is 0 Å². The van der Waals surface area contributed by atoms with E-state index in [0.717, 1.165) is 13.0 Å². The van der Waals surface area contributed by atoms with Gasteiger partial charge in [-0.25, -0.2) is 0 Å². The summed E-state index contributed by atoms with van der Waals surface area (Å²) in [5.74, 6) is 0. The number of aryl methyl sites for hydroxylation is 1. The Labute approximate surface area is 109 Å². The Hall–Kier alpha value is -1.29. The number of hydrogen-bond donors (Lipinski definition) is 0. The molecule has 0 aliphatic rings. The second kappa shape index (κ2) is 4.92. The zero-order valence-electron chi connectivity index (χ0n) is 9.98. The first-order valence-corrected chi connectivity index (χ1v) is 6.32. The second-order valence-corrected chi connectivity index (χ2v) is 4.89. The largest absolute Gasteiger partial charge is 0.350 e. The minimum atomic E-state index is -0.0715. The number of rotatable bonds is 3. The van der Waals surface area contributed by atoms with Gasteiger partial charge in [-0.2, -0.15) is 0 Å². The monoisotopic (exact) mass is 294 g/mol. The standard InChI is InChI=1S/C13H15BrN2O/c1-15(13(14)17)8-7-10-9-16(2)12-6-4-3-5-11(10)12/h3-6,9H,7-8H2,1-2H3. The van der Waals surface area contributed by atoms with Crippen molar-refractivity contribution >= 4 is 31.6 Å². The number of halogens is 1. The Balaban J connectivity index is 2.22. The highest BCUT2D eigenvalue weighted by Crippen LogP contribution is 2.20. The maximum Gasteiger partial charge on any atom is 0.289 e. The van der Waals surface area contributed by atoms with Crippen LogP contribution in [0.25, 0.3) is 10.9 Å². The number of fused-ring (bicyclic) bond motifs is 1. The number of hydrogen-bond acceptors (Lipinski definition) is 1. The van der Waals surface area contributed by atoms with E-state index < -0.39 is 0 Å². The van der Waals surface area contributed by atoms with Gasteiger partial charge in [0.15, 0.2) is 0 Å². The number of amides is 1. The molecule has 0 aliphatic heterocycles. The number of nitrogens with zero attached hydrogens (tertiary/aromatic N) is 2. The van der Waals surface area contributed by atoms with Gasteiger partial charge >= 0.3 is 0 Å². The van der Waals surface area contributed by atoms with E-state index >= 15 is 0 Å². The first kappa shape index (κ1) is 12.2. The Morgan fingerprint density at radius 1 is 1.41 bits per heavy atom. The summed E-state index contributed by atoms with van der Waals surface area (Å²) in [7, 11) is 3.84. The molecule has 4 heteroatoms. The fourth-order valence-corrected chi connectivity index (χ4v) is 2.18. The molecule has 0 atom stereocenters. The lowest BCUT2D eigenvalue weighted by atomic mass is 10.1. The highest BCUT2D eigenvalue weighted by atomic mass is 79.9. The van der Waals surface area contributed by atoms with Gasteiger partial charge < -0.3 is 9.47 Å². The molecule has 0 saturated carbocycles. The van der Waals surface area contributed by atoms with Crippen molar-refractivity contribution in [3.63, 3.8) is 0 Å². The van der Waals surface area contributed by atoms with E-state index in [2.05, 4.69) is 38.8 Å². The van der Waals surface area contributed by atoms with E-state index in [1.54, 1.807) is 11.9 Å². The molecule has 0 saturated heterocycles. The zero-order valence-corrected chi connectivity index (χ0v) is 11.6. The Morgan fingerprint density at radius 2 is 2.12 bits per heavy atom. The molecule has 17 heavy (non-hydrogen) atoms. The molecule has 1 aromatic heterocycles. The molecule has 1 amide bonds. The molecule has 3 nitrogen and oxygen atoms in total. The molecule has 0 unspecified atom stereocenters. The van der Waals surface area contributed by atoms with Crippen molar-refractivity contribution in [2.45, 2.75) is 6.42 Å². The molecule has 90 valence electrons. The van der Waals surface area contributed by atoms with E-state index in [-0.39, 0.29) is 4.82 Å². The van der Waals surface area contributed by atoms with Gasteiger partial charge in [0.1, 0.15) is 0 Å². The minimum absolute atomic E-state index is 0.0715. The van der Waals surface area contributed by atoms with E-state index in [0.29, 0.717) is 0 Å². The number of aromatic nitrogens is 1. The Morgan fingerprint density at radius 3 is 2.82 bits per heavy atom. The van der Waals surface area contributed by atoms with Gasteiger partial charge in [-0.15, -0.1) is 0 Å². The van der Waals surface area contributed by atoms with Crippen LogP contribution in [0.4, 0.5) is 4.79 Å². The van der Waals surface area contributed by atoms with Crippen LogP contribution in [0, 0.1) is 0 Å². The third kappa shape index (κ3) is 2.52. The lowest BCUT2D eigenvalue weighted by molar-refractivity contribution is 0.235. The second-order valence-electron chi connectivity index (χ2n) is 4.21. The number of para-hydroxylation sites is 1. The summed E-state index contributed by atoms with van der Waals surface area (Å²) in [6.45, 7) is 0.720. The average Bonchev–Trinajstić information content (AvgIpc) is 2.64. The summed E-state index contributed by atoms with van der Waals surface area (Å²) >= 11 is 2.95. The summed E-state index contributed by atoms with van der Waals surface area (Å²) in [4.78, 5) is 12.7. The van der Waals surface area contributed by atoms with Crippen LogP contribution in [-0.2, 0) is 13.5 Å². The number of benzene rings is 1. The highest BCUT2D eigenvalue weighted by molar-refractivity contribution is 9.18. The van der Waals surface area contributed by atoms with Crippen molar-refractivity contribution in [1.29, 1.82) is 0 Å². The van der Waals surface area contributed by atoms with Crippen LogP contribution in [0.5, 0.6) is 0 Å². The molecular weight excluding hydrogens is 280 g/mol. The lowest BCUT2D eigenvalue weighted by Gasteiger charge is -2.12. The van der Waals surface area contributed by atoms with Crippen LogP contribution in [0.1, 0.15) is 5.56 Å². The van der Waals surface area contributed by atoms with Crippen molar-refractivity contribution < 1.29 is 4.79 Å². The molecule has 0 aliphatic carbocycles. The van der Waals surface area contributed by atoms with Crippen molar-refractivity contribution in [1.82, 2.24) is 9.47 Å². The Bertz CT molecular complexity index is 547. The third-order valence-electron chi connectivity index (χ3n) is 3.00. The fourth-order valence-electron chi connectivity index (χ4n) is 2.00. The van der Waals surface area contributed by atoms with Crippen molar-refractivity contribution in [2.75, 3.05) is 13.6 Å². The third-order valence-corrected chi connectivity index (χ3v) is 3.60. The molecular formula is C13H15BrN2O. The molecule has 0 fully saturated rings. The first-order valence-electron chi connectivity index (χ1n) is 5.53. The maximum absolute atomic E-state index is 11.1. The SMILES string of the molecule is CN(CCc1cn(C)c2ccccc12)C(=O)Br. The summed E-state index contributed by atoms with van der Waals surface area (Å²) in [6.07, 6.45) is 3.01. The summed E-state index contributed by atoms with van der Waals surface area (Å²) in [6, 6.07) is 8.32. The van der Waals surface area contributed by atoms with E-state index in [1.807, 2.05) is 19.2 Å². The number of carbonyl (C=O) groups excluding carboxylic acids is 1. The normalized spacial score (nSPS) is 10.8. The summed E-state index contributed by atoms with van der Waals surface area (Å²) in [5, 5.41) is 1.27. The summed E-state index contributed by atoms with van der Waals surface area (Å²) < 4.78 is 2.13. The van der Waals surface area contributed by atoms with Gasteiger partial charge in [-0.3, -0.25) is 4.79 Å². The highest BCUT2D eigenvalue weighted by Gasteiger charge is 2.08. The van der Waals surface area contributed by atoms with Gasteiger partial charge in [-0.1, -0.05) is 18.2 Å². The topological polar surface area (TPSA) is 25.2 Å². The minimum Gasteiger partial charge on any atom is -0.350 e. The smallest absolute Gasteiger partial charge is 0.289 e. The van der Waals surface area contributed by atoms with Crippen molar-refractivity contribution in [3.05, 3.63) is 36.0 Å².